The van der Waals surface area contributed by atoms with Crippen LogP contribution in [0.4, 0.5) is 0 Å². The highest BCUT2D eigenvalue weighted by Gasteiger charge is 2.27. The highest BCUT2D eigenvalue weighted by molar-refractivity contribution is 7.15. The first-order chi connectivity index (χ1) is 14.1. The third-order valence-corrected chi connectivity index (χ3v) is 5.85. The summed E-state index contributed by atoms with van der Waals surface area (Å²) in [6, 6.07) is 15.7. The van der Waals surface area contributed by atoms with Gasteiger partial charge in [-0.3, -0.25) is 4.79 Å². The van der Waals surface area contributed by atoms with Crippen LogP contribution in [0.25, 0.3) is 11.0 Å². The molecule has 146 valence electrons. The van der Waals surface area contributed by atoms with Gasteiger partial charge >= 0.3 is 0 Å². The number of aromatic nitrogens is 3. The Bertz CT molecular complexity index is 1290. The quantitative estimate of drug-likeness (QED) is 0.523. The van der Waals surface area contributed by atoms with Crippen molar-refractivity contribution in [3.63, 3.8) is 0 Å². The van der Waals surface area contributed by atoms with Crippen molar-refractivity contribution in [3.8, 4) is 11.5 Å². The largest absolute Gasteiger partial charge is 0.485 e. The van der Waals surface area contributed by atoms with E-state index in [4.69, 9.17) is 9.47 Å². The smallest absolute Gasteiger partial charge is 0.291 e. The molecule has 0 saturated carbocycles. The Labute approximate surface area is 171 Å². The first-order valence-electron chi connectivity index (χ1n) is 9.48. The highest BCUT2D eigenvalue weighted by atomic mass is 32.1. The van der Waals surface area contributed by atoms with Gasteiger partial charge in [-0.05, 0) is 35.3 Å². The van der Waals surface area contributed by atoms with E-state index in [9.17, 15) is 4.79 Å². The van der Waals surface area contributed by atoms with Gasteiger partial charge in [-0.1, -0.05) is 61.6 Å². The first kappa shape index (κ1) is 17.9. The summed E-state index contributed by atoms with van der Waals surface area (Å²) in [5.74, 6) is 2.29. The minimum Gasteiger partial charge on any atom is -0.485 e. The Morgan fingerprint density at radius 3 is 2.62 bits per heavy atom. The van der Waals surface area contributed by atoms with Crippen LogP contribution in [-0.2, 0) is 0 Å². The van der Waals surface area contributed by atoms with Crippen LogP contribution in [0.2, 0.25) is 0 Å². The van der Waals surface area contributed by atoms with E-state index in [1.165, 1.54) is 21.4 Å². The first-order valence-corrected chi connectivity index (χ1v) is 10.3. The van der Waals surface area contributed by atoms with Crippen LogP contribution >= 0.6 is 11.3 Å². The molecular formula is C22H19N3O3S. The van der Waals surface area contributed by atoms with Gasteiger partial charge in [0, 0.05) is 0 Å². The van der Waals surface area contributed by atoms with Crippen LogP contribution in [0.3, 0.4) is 0 Å². The average molecular weight is 405 g/mol. The topological polar surface area (TPSA) is 65.7 Å². The lowest BCUT2D eigenvalue weighted by atomic mass is 10.0. The molecule has 29 heavy (non-hydrogen) atoms. The zero-order valence-corrected chi connectivity index (χ0v) is 16.8. The number of benzene rings is 2. The summed E-state index contributed by atoms with van der Waals surface area (Å²) in [4.78, 5) is 17.8. The van der Waals surface area contributed by atoms with Crippen LogP contribution in [0.5, 0.6) is 11.5 Å². The van der Waals surface area contributed by atoms with Gasteiger partial charge < -0.3 is 9.47 Å². The van der Waals surface area contributed by atoms with Crippen molar-refractivity contribution in [2.24, 2.45) is 0 Å². The van der Waals surface area contributed by atoms with Crippen molar-refractivity contribution >= 4 is 22.4 Å². The number of hydrogen-bond donors (Lipinski definition) is 0. The van der Waals surface area contributed by atoms with Crippen molar-refractivity contribution in [1.82, 2.24) is 14.6 Å². The van der Waals surface area contributed by atoms with Gasteiger partial charge in [0.15, 0.2) is 23.4 Å². The van der Waals surface area contributed by atoms with Gasteiger partial charge in [0.1, 0.15) is 6.61 Å². The predicted molar refractivity (Wildman–Crippen MR) is 112 cm³/mol. The molecule has 5 rings (SSSR count). The third kappa shape index (κ3) is 3.27. The molecule has 1 aliphatic rings. The molecule has 1 aliphatic heterocycles. The summed E-state index contributed by atoms with van der Waals surface area (Å²) in [7, 11) is 0. The number of nitrogens with zero attached hydrogens (tertiary/aromatic N) is 3. The summed E-state index contributed by atoms with van der Waals surface area (Å²) >= 11 is 1.32. The normalized spacial score (nSPS) is 16.7. The van der Waals surface area contributed by atoms with Crippen molar-refractivity contribution in [2.45, 2.75) is 25.9 Å². The molecule has 0 bridgehead atoms. The number of rotatable bonds is 3. The van der Waals surface area contributed by atoms with Crippen LogP contribution in [0.15, 0.2) is 53.3 Å². The van der Waals surface area contributed by atoms with Crippen LogP contribution in [0, 0.1) is 0 Å². The zero-order chi connectivity index (χ0) is 20.0. The Morgan fingerprint density at radius 1 is 1.14 bits per heavy atom. The standard InChI is InChI=1S/C22H19N3O3S/c1-13(2)15-9-7-14(8-10-15)11-19-21(26)25-22(29-19)23-20(24-25)18-12-27-16-5-3-4-6-17(16)28-18/h3-11,13,18H,12H2,1-2H3. The molecule has 0 radical (unpaired) electrons. The second kappa shape index (κ2) is 7.00. The minimum absolute atomic E-state index is 0.172. The molecular weight excluding hydrogens is 386 g/mol. The minimum atomic E-state index is -0.438. The molecule has 7 heteroatoms. The van der Waals surface area contributed by atoms with Crippen molar-refractivity contribution in [3.05, 3.63) is 80.4 Å². The van der Waals surface area contributed by atoms with Gasteiger partial charge in [-0.15, -0.1) is 5.10 Å². The molecule has 1 atom stereocenters. The molecule has 0 spiro atoms. The second-order valence-corrected chi connectivity index (χ2v) is 8.27. The maximum atomic E-state index is 12.8. The van der Waals surface area contributed by atoms with E-state index in [1.54, 1.807) is 0 Å². The van der Waals surface area contributed by atoms with E-state index in [2.05, 4.69) is 36.1 Å². The molecule has 1 unspecified atom stereocenters. The van der Waals surface area contributed by atoms with Gasteiger partial charge in [0.2, 0.25) is 4.96 Å². The molecule has 6 nitrogen and oxygen atoms in total. The fourth-order valence-corrected chi connectivity index (χ4v) is 4.18. The van der Waals surface area contributed by atoms with Crippen molar-refractivity contribution in [2.75, 3.05) is 6.61 Å². The molecule has 3 heterocycles. The SMILES string of the molecule is CC(C)c1ccc(C=c2sc3nc(C4COc5ccccc5O4)nn3c2=O)cc1. The summed E-state index contributed by atoms with van der Waals surface area (Å²) in [6.07, 6.45) is 1.44. The number of thiazole rings is 1. The van der Waals surface area contributed by atoms with Gasteiger partial charge in [0.25, 0.3) is 5.56 Å². The second-order valence-electron chi connectivity index (χ2n) is 7.27. The van der Waals surface area contributed by atoms with Crippen molar-refractivity contribution < 1.29 is 9.47 Å². The number of para-hydroxylation sites is 2. The Morgan fingerprint density at radius 2 is 1.90 bits per heavy atom. The van der Waals surface area contributed by atoms with Gasteiger partial charge in [0.05, 0.1) is 4.53 Å². The lowest BCUT2D eigenvalue weighted by Gasteiger charge is -2.24. The molecule has 0 aliphatic carbocycles. The van der Waals surface area contributed by atoms with E-state index in [0.717, 1.165) is 5.56 Å². The zero-order valence-electron chi connectivity index (χ0n) is 16.0. The predicted octanol–water partition coefficient (Wildman–Crippen LogP) is 3.33. The highest BCUT2D eigenvalue weighted by Crippen LogP contribution is 2.35. The molecule has 2 aromatic heterocycles. The fraction of sp³-hybridized carbons (Fsp3) is 0.227. The fourth-order valence-electron chi connectivity index (χ4n) is 3.26. The third-order valence-electron chi connectivity index (χ3n) is 4.90. The van der Waals surface area contributed by atoms with E-state index in [-0.39, 0.29) is 5.56 Å². The van der Waals surface area contributed by atoms with Crippen LogP contribution < -0.4 is 19.6 Å². The summed E-state index contributed by atoms with van der Waals surface area (Å²) in [5, 5.41) is 4.39. The van der Waals surface area contributed by atoms with Gasteiger partial charge in [-0.25, -0.2) is 0 Å². The van der Waals surface area contributed by atoms with Crippen LogP contribution in [-0.4, -0.2) is 21.2 Å². The number of hydrogen-bond acceptors (Lipinski definition) is 6. The van der Waals surface area contributed by atoms with E-state index in [0.29, 0.717) is 39.3 Å². The summed E-state index contributed by atoms with van der Waals surface area (Å²) in [5.41, 5.74) is 2.08. The van der Waals surface area contributed by atoms with E-state index in [1.807, 2.05) is 42.5 Å². The van der Waals surface area contributed by atoms with Gasteiger partial charge in [-0.2, -0.15) is 9.50 Å². The molecule has 2 aromatic carbocycles. The summed E-state index contributed by atoms with van der Waals surface area (Å²) < 4.78 is 13.6. The maximum Gasteiger partial charge on any atom is 0.291 e. The molecule has 0 fully saturated rings. The van der Waals surface area contributed by atoms with E-state index < -0.39 is 6.10 Å². The molecule has 0 saturated heterocycles. The number of fused-ring (bicyclic) bond motifs is 2. The Kier molecular flexibility index (Phi) is 4.32. The number of ether oxygens (including phenoxy) is 2. The molecule has 0 amide bonds. The molecule has 0 N–H and O–H groups in total. The Balaban J connectivity index is 1.45. The monoisotopic (exact) mass is 405 g/mol. The molecule has 4 aromatic rings. The maximum absolute atomic E-state index is 12.8. The van der Waals surface area contributed by atoms with Crippen molar-refractivity contribution in [1.29, 1.82) is 0 Å². The van der Waals surface area contributed by atoms with Crippen LogP contribution in [0.1, 0.15) is 42.8 Å². The van der Waals surface area contributed by atoms with E-state index >= 15 is 0 Å². The lowest BCUT2D eigenvalue weighted by Crippen LogP contribution is -2.26. The lowest BCUT2D eigenvalue weighted by molar-refractivity contribution is 0.0852. The summed E-state index contributed by atoms with van der Waals surface area (Å²) in [6.45, 7) is 4.63. The Hall–Kier alpha value is -3.19. The average Bonchev–Trinajstić information content (AvgIpc) is 3.28.